The molecule has 3 heterocycles. The van der Waals surface area contributed by atoms with Crippen molar-refractivity contribution in [3.63, 3.8) is 0 Å². The van der Waals surface area contributed by atoms with Crippen LogP contribution in [0.1, 0.15) is 40.2 Å². The van der Waals surface area contributed by atoms with E-state index in [1.54, 1.807) is 11.3 Å². The average molecular weight is 322 g/mol. The third kappa shape index (κ3) is 4.09. The Hall–Kier alpha value is -0.910. The first-order chi connectivity index (χ1) is 10.7. The van der Waals surface area contributed by atoms with Gasteiger partial charge in [0.1, 0.15) is 0 Å². The van der Waals surface area contributed by atoms with Crippen molar-refractivity contribution < 1.29 is 9.53 Å². The van der Waals surface area contributed by atoms with Gasteiger partial charge >= 0.3 is 0 Å². The number of carbonyl (C=O) groups excluding carboxylic acids is 1. The molecule has 1 unspecified atom stereocenters. The van der Waals surface area contributed by atoms with Gasteiger partial charge in [0, 0.05) is 31.1 Å². The maximum Gasteiger partial charge on any atom is 0.264 e. The van der Waals surface area contributed by atoms with E-state index in [2.05, 4.69) is 4.90 Å². The molecule has 0 spiro atoms. The molecule has 2 saturated heterocycles. The summed E-state index contributed by atoms with van der Waals surface area (Å²) in [6.07, 6.45) is 5.04. The molecule has 2 aliphatic rings. The third-order valence-corrected chi connectivity index (χ3v) is 5.49. The highest BCUT2D eigenvalue weighted by molar-refractivity contribution is 7.13. The first-order valence-corrected chi connectivity index (χ1v) is 9.24. The first-order valence-electron chi connectivity index (χ1n) is 8.42. The van der Waals surface area contributed by atoms with E-state index in [4.69, 9.17) is 4.74 Å². The molecule has 122 valence electrons. The molecule has 2 fully saturated rings. The molecule has 0 radical (unpaired) electrons. The number of aryl methyl sites for hydroxylation is 1. The maximum atomic E-state index is 12.7. The van der Waals surface area contributed by atoms with Gasteiger partial charge in [-0.15, -0.1) is 11.3 Å². The first kappa shape index (κ1) is 16.0. The van der Waals surface area contributed by atoms with Crippen molar-refractivity contribution in [3.05, 3.63) is 21.9 Å². The normalized spacial score (nSPS) is 24.2. The monoisotopic (exact) mass is 322 g/mol. The number of carbonyl (C=O) groups is 1. The molecule has 22 heavy (non-hydrogen) atoms. The molecule has 1 aromatic rings. The van der Waals surface area contributed by atoms with Gasteiger partial charge in [-0.3, -0.25) is 4.79 Å². The summed E-state index contributed by atoms with van der Waals surface area (Å²) in [5.74, 6) is 0.173. The van der Waals surface area contributed by atoms with Crippen LogP contribution in [-0.2, 0) is 4.74 Å². The number of piperidine rings is 1. The molecule has 1 aromatic heterocycles. The minimum atomic E-state index is 0.158. The van der Waals surface area contributed by atoms with Crippen molar-refractivity contribution in [1.82, 2.24) is 9.80 Å². The summed E-state index contributed by atoms with van der Waals surface area (Å²) in [4.78, 5) is 19.2. The van der Waals surface area contributed by atoms with Crippen LogP contribution in [-0.4, -0.2) is 61.1 Å². The molecule has 1 amide bonds. The standard InChI is InChI=1S/C17H26N2O2S/c1-14-6-7-16(22-14)17(20)19-10-5-11-21-15(13-19)12-18-8-3-2-4-9-18/h6-7,15H,2-5,8-13H2,1H3. The molecule has 1 atom stereocenters. The molecule has 0 bridgehead atoms. The van der Waals surface area contributed by atoms with Crippen LogP contribution in [0.25, 0.3) is 0 Å². The number of ether oxygens (including phenoxy) is 1. The third-order valence-electron chi connectivity index (χ3n) is 4.50. The van der Waals surface area contributed by atoms with Crippen molar-refractivity contribution in [2.45, 2.75) is 38.7 Å². The lowest BCUT2D eigenvalue weighted by molar-refractivity contribution is 0.0217. The van der Waals surface area contributed by atoms with Gasteiger partial charge < -0.3 is 14.5 Å². The molecule has 0 aromatic carbocycles. The minimum absolute atomic E-state index is 0.158. The lowest BCUT2D eigenvalue weighted by Crippen LogP contribution is -2.43. The van der Waals surface area contributed by atoms with Crippen LogP contribution in [0.4, 0.5) is 0 Å². The predicted molar refractivity (Wildman–Crippen MR) is 89.6 cm³/mol. The van der Waals surface area contributed by atoms with Gasteiger partial charge in [-0.1, -0.05) is 6.42 Å². The second kappa shape index (κ2) is 7.57. The highest BCUT2D eigenvalue weighted by atomic mass is 32.1. The van der Waals surface area contributed by atoms with Crippen molar-refractivity contribution in [1.29, 1.82) is 0 Å². The second-order valence-electron chi connectivity index (χ2n) is 6.37. The Morgan fingerprint density at radius 1 is 1.23 bits per heavy atom. The molecular weight excluding hydrogens is 296 g/mol. The minimum Gasteiger partial charge on any atom is -0.375 e. The van der Waals surface area contributed by atoms with Gasteiger partial charge in [0.15, 0.2) is 0 Å². The number of nitrogens with zero attached hydrogens (tertiary/aromatic N) is 2. The largest absolute Gasteiger partial charge is 0.375 e. The van der Waals surface area contributed by atoms with Crippen LogP contribution in [0.3, 0.4) is 0 Å². The van der Waals surface area contributed by atoms with Crippen molar-refractivity contribution in [3.8, 4) is 0 Å². The fraction of sp³-hybridized carbons (Fsp3) is 0.706. The van der Waals surface area contributed by atoms with Crippen LogP contribution in [0.5, 0.6) is 0 Å². The van der Waals surface area contributed by atoms with Gasteiger partial charge in [0.25, 0.3) is 5.91 Å². The van der Waals surface area contributed by atoms with Gasteiger partial charge in [0.2, 0.25) is 0 Å². The van der Waals surface area contributed by atoms with Crippen molar-refractivity contribution in [2.24, 2.45) is 0 Å². The van der Waals surface area contributed by atoms with Gasteiger partial charge in [-0.2, -0.15) is 0 Å². The summed E-state index contributed by atoms with van der Waals surface area (Å²) in [6.45, 7) is 7.68. The molecule has 3 rings (SSSR count). The number of rotatable bonds is 3. The Kier molecular flexibility index (Phi) is 5.50. The molecule has 0 aliphatic carbocycles. The zero-order chi connectivity index (χ0) is 15.4. The number of amides is 1. The molecular formula is C17H26N2O2S. The molecule has 0 saturated carbocycles. The topological polar surface area (TPSA) is 32.8 Å². The van der Waals surface area contributed by atoms with Gasteiger partial charge in [0.05, 0.1) is 11.0 Å². The van der Waals surface area contributed by atoms with E-state index >= 15 is 0 Å². The fourth-order valence-electron chi connectivity index (χ4n) is 3.33. The SMILES string of the molecule is Cc1ccc(C(=O)N2CCCOC(CN3CCCCC3)C2)s1. The predicted octanol–water partition coefficient (Wildman–Crippen LogP) is 2.77. The van der Waals surface area contributed by atoms with Crippen LogP contribution < -0.4 is 0 Å². The zero-order valence-electron chi connectivity index (χ0n) is 13.4. The fourth-order valence-corrected chi connectivity index (χ4v) is 4.16. The quantitative estimate of drug-likeness (QED) is 0.858. The average Bonchev–Trinajstić information content (AvgIpc) is 2.83. The van der Waals surface area contributed by atoms with Crippen LogP contribution in [0, 0.1) is 6.92 Å². The highest BCUT2D eigenvalue weighted by Gasteiger charge is 2.26. The Balaban J connectivity index is 1.60. The highest BCUT2D eigenvalue weighted by Crippen LogP contribution is 2.19. The second-order valence-corrected chi connectivity index (χ2v) is 7.66. The van der Waals surface area contributed by atoms with E-state index in [0.717, 1.165) is 37.5 Å². The molecule has 2 aliphatic heterocycles. The van der Waals surface area contributed by atoms with Gasteiger partial charge in [-0.05, 0) is 51.4 Å². The summed E-state index contributed by atoms with van der Waals surface area (Å²) in [5.41, 5.74) is 0. The lowest BCUT2D eigenvalue weighted by Gasteiger charge is -2.31. The summed E-state index contributed by atoms with van der Waals surface area (Å²) < 4.78 is 6.00. The van der Waals surface area contributed by atoms with Crippen molar-refractivity contribution >= 4 is 17.2 Å². The zero-order valence-corrected chi connectivity index (χ0v) is 14.2. The van der Waals surface area contributed by atoms with Crippen molar-refractivity contribution in [2.75, 3.05) is 39.3 Å². The Morgan fingerprint density at radius 2 is 2.05 bits per heavy atom. The summed E-state index contributed by atoms with van der Waals surface area (Å²) >= 11 is 1.59. The summed E-state index contributed by atoms with van der Waals surface area (Å²) in [5, 5.41) is 0. The maximum absolute atomic E-state index is 12.7. The lowest BCUT2D eigenvalue weighted by atomic mass is 10.1. The van der Waals surface area contributed by atoms with E-state index in [-0.39, 0.29) is 12.0 Å². The van der Waals surface area contributed by atoms with Crippen LogP contribution in [0.15, 0.2) is 12.1 Å². The van der Waals surface area contributed by atoms with Crippen LogP contribution in [0.2, 0.25) is 0 Å². The van der Waals surface area contributed by atoms with E-state index in [0.29, 0.717) is 0 Å². The number of hydrogen-bond donors (Lipinski definition) is 0. The van der Waals surface area contributed by atoms with Crippen LogP contribution >= 0.6 is 11.3 Å². The Bertz CT molecular complexity index is 497. The van der Waals surface area contributed by atoms with Gasteiger partial charge in [-0.25, -0.2) is 0 Å². The van der Waals surface area contributed by atoms with E-state index in [1.807, 2.05) is 24.0 Å². The van der Waals surface area contributed by atoms with E-state index < -0.39 is 0 Å². The molecule has 5 heteroatoms. The van der Waals surface area contributed by atoms with E-state index in [1.165, 1.54) is 37.2 Å². The smallest absolute Gasteiger partial charge is 0.264 e. The summed E-state index contributed by atoms with van der Waals surface area (Å²) in [6, 6.07) is 3.98. The number of likely N-dealkylation sites (tertiary alicyclic amines) is 1. The number of thiophene rings is 1. The molecule has 4 nitrogen and oxygen atoms in total. The Labute approximate surface area is 137 Å². The van der Waals surface area contributed by atoms with E-state index in [9.17, 15) is 4.79 Å². The number of hydrogen-bond acceptors (Lipinski definition) is 4. The Morgan fingerprint density at radius 3 is 2.77 bits per heavy atom. The summed E-state index contributed by atoms with van der Waals surface area (Å²) in [7, 11) is 0. The molecule has 0 N–H and O–H groups in total.